The zero-order chi connectivity index (χ0) is 27.8. The number of benzene rings is 4. The molecule has 0 bridgehead atoms. The van der Waals surface area contributed by atoms with Crippen LogP contribution in [0.1, 0.15) is 16.7 Å². The second kappa shape index (κ2) is 13.7. The molecule has 5 nitrogen and oxygen atoms in total. The molecule has 4 aromatic rings. The van der Waals surface area contributed by atoms with E-state index in [0.717, 1.165) is 20.1 Å². The van der Waals surface area contributed by atoms with Crippen LogP contribution in [0.3, 0.4) is 0 Å². The molecule has 0 saturated heterocycles. The molecule has 0 spiro atoms. The molecule has 0 atom stereocenters. The summed E-state index contributed by atoms with van der Waals surface area (Å²) in [6.07, 6.45) is 1.50. The number of nitriles is 1. The van der Waals surface area contributed by atoms with E-state index in [2.05, 4.69) is 37.2 Å². The quantitative estimate of drug-likeness (QED) is 0.141. The lowest BCUT2D eigenvalue weighted by Crippen LogP contribution is -2.13. The van der Waals surface area contributed by atoms with Gasteiger partial charge in [-0.05, 0) is 78.4 Å². The van der Waals surface area contributed by atoms with E-state index in [0.29, 0.717) is 39.4 Å². The predicted octanol–water partition coefficient (Wildman–Crippen LogP) is 9.22. The van der Waals surface area contributed by atoms with Crippen molar-refractivity contribution in [1.29, 1.82) is 5.26 Å². The van der Waals surface area contributed by atoms with Crippen LogP contribution >= 0.6 is 55.1 Å². The zero-order valence-electron chi connectivity index (χ0n) is 20.3. The molecule has 0 aromatic heterocycles. The topological polar surface area (TPSA) is 71.3 Å². The number of halogens is 4. The lowest BCUT2D eigenvalue weighted by Gasteiger charge is -2.11. The van der Waals surface area contributed by atoms with Gasteiger partial charge in [0.05, 0.1) is 0 Å². The number of amides is 1. The molecule has 1 N–H and O–H groups in total. The molecule has 4 aromatic carbocycles. The van der Waals surface area contributed by atoms with Gasteiger partial charge in [-0.2, -0.15) is 5.26 Å². The summed E-state index contributed by atoms with van der Waals surface area (Å²) >= 11 is 19.0. The van der Waals surface area contributed by atoms with Gasteiger partial charge in [0, 0.05) is 35.8 Å². The molecule has 4 rings (SSSR count). The summed E-state index contributed by atoms with van der Waals surface area (Å²) in [5.74, 6) is 0.596. The zero-order valence-corrected chi connectivity index (χ0v) is 24.9. The van der Waals surface area contributed by atoms with Crippen LogP contribution in [0.25, 0.3) is 6.08 Å². The number of hydrogen-bond donors (Lipinski definition) is 1. The van der Waals surface area contributed by atoms with Gasteiger partial charge < -0.3 is 14.8 Å². The molecular weight excluding hydrogens is 667 g/mol. The summed E-state index contributed by atoms with van der Waals surface area (Å²) in [5.41, 5.74) is 2.82. The summed E-state index contributed by atoms with van der Waals surface area (Å²) in [4.78, 5) is 12.9. The van der Waals surface area contributed by atoms with E-state index >= 15 is 0 Å². The van der Waals surface area contributed by atoms with Crippen molar-refractivity contribution in [3.63, 3.8) is 0 Å². The monoisotopic (exact) mass is 684 g/mol. The third-order valence-corrected chi connectivity index (χ3v) is 7.07. The number of hydrogen-bond acceptors (Lipinski definition) is 4. The van der Waals surface area contributed by atoms with Crippen LogP contribution in [-0.2, 0) is 18.0 Å². The Kier molecular flexibility index (Phi) is 10.1. The molecule has 0 radical (unpaired) electrons. The first-order valence-electron chi connectivity index (χ1n) is 11.6. The fourth-order valence-corrected chi connectivity index (χ4v) is 4.55. The van der Waals surface area contributed by atoms with Gasteiger partial charge in [0.15, 0.2) is 0 Å². The van der Waals surface area contributed by atoms with E-state index in [1.54, 1.807) is 54.6 Å². The maximum Gasteiger partial charge on any atom is 0.266 e. The van der Waals surface area contributed by atoms with Gasteiger partial charge in [-0.25, -0.2) is 0 Å². The van der Waals surface area contributed by atoms with E-state index < -0.39 is 5.91 Å². The summed E-state index contributed by atoms with van der Waals surface area (Å²) in [5, 5.41) is 13.5. The lowest BCUT2D eigenvalue weighted by molar-refractivity contribution is -0.112. The van der Waals surface area contributed by atoms with Crippen molar-refractivity contribution in [3.8, 4) is 17.6 Å². The molecule has 39 heavy (non-hydrogen) atoms. The van der Waals surface area contributed by atoms with Gasteiger partial charge in [-0.15, -0.1) is 0 Å². The van der Waals surface area contributed by atoms with Gasteiger partial charge >= 0.3 is 0 Å². The number of carbonyl (C=O) groups is 1. The maximum atomic E-state index is 12.9. The Balaban J connectivity index is 1.42. The van der Waals surface area contributed by atoms with Gasteiger partial charge in [0.2, 0.25) is 0 Å². The molecule has 196 valence electrons. The van der Waals surface area contributed by atoms with Crippen molar-refractivity contribution in [3.05, 3.63) is 126 Å². The normalized spacial score (nSPS) is 11.0. The predicted molar refractivity (Wildman–Crippen MR) is 162 cm³/mol. The molecule has 0 aliphatic heterocycles. The molecule has 0 aliphatic rings. The summed E-state index contributed by atoms with van der Waals surface area (Å²) < 4.78 is 13.5. The molecule has 0 fully saturated rings. The van der Waals surface area contributed by atoms with Crippen molar-refractivity contribution in [2.45, 2.75) is 13.2 Å². The van der Waals surface area contributed by atoms with E-state index in [4.69, 9.17) is 32.7 Å². The minimum Gasteiger partial charge on any atom is -0.489 e. The summed E-state index contributed by atoms with van der Waals surface area (Å²) in [6, 6.07) is 27.2. The van der Waals surface area contributed by atoms with Crippen molar-refractivity contribution < 1.29 is 14.3 Å². The minimum atomic E-state index is -0.544. The Morgan fingerprint density at radius 3 is 2.28 bits per heavy atom. The maximum absolute atomic E-state index is 12.9. The Morgan fingerprint density at radius 1 is 0.872 bits per heavy atom. The van der Waals surface area contributed by atoms with Gasteiger partial charge in [-0.1, -0.05) is 73.3 Å². The van der Waals surface area contributed by atoms with E-state index in [9.17, 15) is 10.1 Å². The minimum absolute atomic E-state index is 0.0701. The molecule has 0 heterocycles. The molecule has 0 unspecified atom stereocenters. The molecule has 0 aliphatic carbocycles. The Bertz CT molecular complexity index is 1550. The van der Waals surface area contributed by atoms with E-state index in [1.165, 1.54) is 6.08 Å². The largest absolute Gasteiger partial charge is 0.489 e. The Morgan fingerprint density at radius 2 is 1.59 bits per heavy atom. The highest BCUT2D eigenvalue weighted by molar-refractivity contribution is 9.10. The van der Waals surface area contributed by atoms with Crippen LogP contribution < -0.4 is 14.8 Å². The molecule has 1 amide bonds. The van der Waals surface area contributed by atoms with Gasteiger partial charge in [-0.3, -0.25) is 4.79 Å². The standard InChI is InChI=1S/C30H20Br2Cl2N2O3/c31-23-4-1-19(2-5-23)17-39-29-12-6-24(32)14-21(29)13-22(16-35)30(37)36-26-8-10-27(11-9-26)38-18-20-3-7-25(33)15-28(20)34/h1-15H,17-18H2,(H,36,37)/b22-13+. The number of carbonyl (C=O) groups excluding carboxylic acids is 1. The number of rotatable bonds is 9. The highest BCUT2D eigenvalue weighted by atomic mass is 79.9. The van der Waals surface area contributed by atoms with Crippen LogP contribution in [0, 0.1) is 11.3 Å². The number of nitrogens with zero attached hydrogens (tertiary/aromatic N) is 1. The SMILES string of the molecule is N#C/C(=C\c1cc(Br)ccc1OCc1ccc(Br)cc1)C(=O)Nc1ccc(OCc2ccc(Cl)cc2Cl)cc1. The van der Waals surface area contributed by atoms with Crippen molar-refractivity contribution in [2.75, 3.05) is 5.32 Å². The summed E-state index contributed by atoms with van der Waals surface area (Å²) in [7, 11) is 0. The Labute approximate surface area is 253 Å². The number of anilines is 1. The van der Waals surface area contributed by atoms with Crippen LogP contribution in [0.5, 0.6) is 11.5 Å². The number of ether oxygens (including phenoxy) is 2. The third kappa shape index (κ3) is 8.35. The first-order valence-corrected chi connectivity index (χ1v) is 13.9. The van der Waals surface area contributed by atoms with Gasteiger partial charge in [0.25, 0.3) is 5.91 Å². The van der Waals surface area contributed by atoms with Gasteiger partial charge in [0.1, 0.15) is 36.4 Å². The third-order valence-electron chi connectivity index (χ3n) is 5.47. The van der Waals surface area contributed by atoms with Crippen LogP contribution in [0.2, 0.25) is 10.0 Å². The van der Waals surface area contributed by atoms with Crippen molar-refractivity contribution in [2.24, 2.45) is 0 Å². The second-order valence-electron chi connectivity index (χ2n) is 8.27. The fraction of sp³-hybridized carbons (Fsp3) is 0.0667. The number of nitrogens with one attached hydrogen (secondary N) is 1. The highest BCUT2D eigenvalue weighted by Gasteiger charge is 2.13. The summed E-state index contributed by atoms with van der Waals surface area (Å²) in [6.45, 7) is 0.602. The smallest absolute Gasteiger partial charge is 0.266 e. The molecular formula is C30H20Br2Cl2N2O3. The average molecular weight is 687 g/mol. The highest BCUT2D eigenvalue weighted by Crippen LogP contribution is 2.28. The first-order chi connectivity index (χ1) is 18.8. The average Bonchev–Trinajstić information content (AvgIpc) is 2.92. The molecule has 0 saturated carbocycles. The fourth-order valence-electron chi connectivity index (χ4n) is 3.44. The Hall–Kier alpha value is -3.28. The van der Waals surface area contributed by atoms with E-state index in [1.807, 2.05) is 36.4 Å². The lowest BCUT2D eigenvalue weighted by atomic mass is 10.1. The van der Waals surface area contributed by atoms with Crippen molar-refractivity contribution in [1.82, 2.24) is 0 Å². The van der Waals surface area contributed by atoms with E-state index in [-0.39, 0.29) is 12.2 Å². The van der Waals surface area contributed by atoms with Crippen LogP contribution in [-0.4, -0.2) is 5.91 Å². The molecule has 9 heteroatoms. The second-order valence-corrected chi connectivity index (χ2v) is 10.9. The van der Waals surface area contributed by atoms with Crippen molar-refractivity contribution >= 4 is 72.7 Å². The van der Waals surface area contributed by atoms with Crippen LogP contribution in [0.4, 0.5) is 5.69 Å². The first kappa shape index (κ1) is 28.7. The van der Waals surface area contributed by atoms with Crippen LogP contribution in [0.15, 0.2) is 99.4 Å².